The van der Waals surface area contributed by atoms with E-state index in [-0.39, 0.29) is 32.7 Å². The number of hydrogen-bond acceptors (Lipinski definition) is 10. The van der Waals surface area contributed by atoms with E-state index in [9.17, 15) is 35.1 Å². The number of halogens is 1. The normalized spacial score (nSPS) is 14.5. The highest BCUT2D eigenvalue weighted by Gasteiger charge is 2.29. The fourth-order valence-corrected chi connectivity index (χ4v) is 4.36. The van der Waals surface area contributed by atoms with Gasteiger partial charge in [-0.1, -0.05) is 11.6 Å². The van der Waals surface area contributed by atoms with Crippen molar-refractivity contribution >= 4 is 68.0 Å². The van der Waals surface area contributed by atoms with Gasteiger partial charge in [-0.05, 0) is 18.2 Å². The number of esters is 1. The molecule has 0 spiro atoms. The topological polar surface area (TPSA) is 168 Å². The molecular weight excluding hydrogens is 468 g/mol. The molecule has 0 atom stereocenters. The van der Waals surface area contributed by atoms with E-state index in [1.165, 1.54) is 18.2 Å². The highest BCUT2D eigenvalue weighted by atomic mass is 35.5. The van der Waals surface area contributed by atoms with Crippen molar-refractivity contribution in [2.75, 3.05) is 0 Å². The number of rotatable bonds is 5. The maximum Gasteiger partial charge on any atom is 0.363 e. The Labute approximate surface area is 185 Å². The quantitative estimate of drug-likeness (QED) is 0.223. The van der Waals surface area contributed by atoms with E-state index in [0.717, 1.165) is 35.6 Å². The molecule has 32 heavy (non-hydrogen) atoms. The zero-order valence-electron chi connectivity index (χ0n) is 15.4. The number of cyclic esters (lactones) is 1. The van der Waals surface area contributed by atoms with Gasteiger partial charge in [-0.2, -0.15) is 0 Å². The molecule has 1 aliphatic rings. The second-order valence-corrected chi connectivity index (χ2v) is 7.71. The molecule has 0 saturated heterocycles. The van der Waals surface area contributed by atoms with Crippen molar-refractivity contribution in [3.63, 3.8) is 0 Å². The molecule has 0 N–H and O–H groups in total. The van der Waals surface area contributed by atoms with Crippen LogP contribution in [0.25, 0.3) is 16.2 Å². The van der Waals surface area contributed by atoms with E-state index in [4.69, 9.17) is 16.3 Å². The Kier molecular flexibility index (Phi) is 5.12. The first-order valence-corrected chi connectivity index (χ1v) is 9.67. The molecule has 0 saturated carbocycles. The Balaban J connectivity index is 1.77. The van der Waals surface area contributed by atoms with Gasteiger partial charge in [-0.25, -0.2) is 9.79 Å². The van der Waals surface area contributed by atoms with Gasteiger partial charge >= 0.3 is 5.97 Å². The highest BCUT2D eigenvalue weighted by molar-refractivity contribution is 7.21. The van der Waals surface area contributed by atoms with Gasteiger partial charge in [0.1, 0.15) is 4.88 Å². The predicted octanol–water partition coefficient (Wildman–Crippen LogP) is 4.62. The van der Waals surface area contributed by atoms with E-state index in [0.29, 0.717) is 10.1 Å². The summed E-state index contributed by atoms with van der Waals surface area (Å²) < 4.78 is 5.61. The number of aliphatic imine (C=N–C) groups is 1. The summed E-state index contributed by atoms with van der Waals surface area (Å²) in [6.07, 6.45) is 1.07. The van der Waals surface area contributed by atoms with Crippen LogP contribution in [0.3, 0.4) is 0 Å². The smallest absolute Gasteiger partial charge is 0.363 e. The van der Waals surface area contributed by atoms with E-state index in [1.807, 2.05) is 0 Å². The van der Waals surface area contributed by atoms with Gasteiger partial charge in [0.2, 0.25) is 5.90 Å². The molecule has 4 rings (SSSR count). The second-order valence-electron chi connectivity index (χ2n) is 6.28. The van der Waals surface area contributed by atoms with Crippen LogP contribution in [0.15, 0.2) is 47.1 Å². The highest BCUT2D eigenvalue weighted by Crippen LogP contribution is 2.39. The van der Waals surface area contributed by atoms with Crippen molar-refractivity contribution in [2.24, 2.45) is 4.99 Å². The third-order valence-corrected chi connectivity index (χ3v) is 6.00. The van der Waals surface area contributed by atoms with Crippen molar-refractivity contribution < 1.29 is 24.3 Å². The van der Waals surface area contributed by atoms with E-state index < -0.39 is 32.1 Å². The molecule has 0 radical (unpaired) electrons. The van der Waals surface area contributed by atoms with Crippen LogP contribution in [0.2, 0.25) is 5.02 Å². The lowest BCUT2D eigenvalue weighted by Crippen LogP contribution is -2.04. The Morgan fingerprint density at radius 1 is 0.969 bits per heavy atom. The largest absolute Gasteiger partial charge is 0.401 e. The van der Waals surface area contributed by atoms with Crippen molar-refractivity contribution in [3.8, 4) is 0 Å². The maximum atomic E-state index is 12.3. The minimum atomic E-state index is -0.910. The van der Waals surface area contributed by atoms with E-state index in [2.05, 4.69) is 4.99 Å². The van der Waals surface area contributed by atoms with Crippen LogP contribution in [0, 0.1) is 30.3 Å². The SMILES string of the molecule is O=C1OC(c2sc3cc([N+](=O)[O-])ccc3c2Cl)=N/C1=C/c1ccc([N+](=O)[O-])cc1[N+](=O)[O-]. The molecule has 0 unspecified atom stereocenters. The lowest BCUT2D eigenvalue weighted by molar-refractivity contribution is -0.394. The van der Waals surface area contributed by atoms with Gasteiger partial charge in [0.05, 0.1) is 31.4 Å². The number of ether oxygens (including phenoxy) is 1. The Morgan fingerprint density at radius 2 is 1.62 bits per heavy atom. The van der Waals surface area contributed by atoms with Crippen molar-refractivity contribution in [2.45, 2.75) is 0 Å². The Bertz CT molecular complexity index is 1430. The summed E-state index contributed by atoms with van der Waals surface area (Å²) in [6.45, 7) is 0. The third kappa shape index (κ3) is 3.66. The van der Waals surface area contributed by atoms with Gasteiger partial charge < -0.3 is 4.74 Å². The number of nitro benzene ring substituents is 3. The molecule has 2 heterocycles. The molecule has 12 nitrogen and oxygen atoms in total. The summed E-state index contributed by atoms with van der Waals surface area (Å²) in [5.74, 6) is -1.08. The summed E-state index contributed by atoms with van der Waals surface area (Å²) in [5, 5.41) is 33.8. The number of thiophene rings is 1. The maximum absolute atomic E-state index is 12.3. The summed E-state index contributed by atoms with van der Waals surface area (Å²) in [7, 11) is 0. The molecule has 0 fully saturated rings. The number of carbonyl (C=O) groups excluding carboxylic acids is 1. The average Bonchev–Trinajstić information content (AvgIpc) is 3.27. The van der Waals surface area contributed by atoms with Gasteiger partial charge in [-0.3, -0.25) is 30.3 Å². The van der Waals surface area contributed by atoms with Gasteiger partial charge in [-0.15, -0.1) is 11.3 Å². The third-order valence-electron chi connectivity index (χ3n) is 4.35. The van der Waals surface area contributed by atoms with Gasteiger partial charge in [0, 0.05) is 28.3 Å². The summed E-state index contributed by atoms with van der Waals surface area (Å²) in [4.78, 5) is 47.6. The van der Waals surface area contributed by atoms with E-state index >= 15 is 0 Å². The van der Waals surface area contributed by atoms with Gasteiger partial charge in [0.15, 0.2) is 5.70 Å². The summed E-state index contributed by atoms with van der Waals surface area (Å²) >= 11 is 7.36. The van der Waals surface area contributed by atoms with Crippen molar-refractivity contribution in [1.29, 1.82) is 0 Å². The van der Waals surface area contributed by atoms with Crippen LogP contribution >= 0.6 is 22.9 Å². The first kappa shape index (κ1) is 21.0. The molecule has 0 bridgehead atoms. The number of carbonyl (C=O) groups is 1. The number of nitrogens with zero attached hydrogens (tertiary/aromatic N) is 4. The molecule has 1 aromatic heterocycles. The first-order valence-electron chi connectivity index (χ1n) is 8.48. The molecule has 0 amide bonds. The monoisotopic (exact) mass is 474 g/mol. The number of fused-ring (bicyclic) bond motifs is 1. The summed E-state index contributed by atoms with van der Waals surface area (Å²) in [6, 6.07) is 7.02. The minimum absolute atomic E-state index is 0.0874. The van der Waals surface area contributed by atoms with Crippen molar-refractivity contribution in [1.82, 2.24) is 0 Å². The zero-order chi connectivity index (χ0) is 23.2. The molecular formula is C18H7ClN4O8S. The van der Waals surface area contributed by atoms with Crippen LogP contribution in [0.5, 0.6) is 0 Å². The van der Waals surface area contributed by atoms with Crippen molar-refractivity contribution in [3.05, 3.63) is 87.9 Å². The second kappa shape index (κ2) is 7.79. The van der Waals surface area contributed by atoms with Crippen LogP contribution in [0.1, 0.15) is 10.4 Å². The molecule has 14 heteroatoms. The Morgan fingerprint density at radius 3 is 2.28 bits per heavy atom. The van der Waals surface area contributed by atoms with Crippen LogP contribution in [-0.4, -0.2) is 26.6 Å². The molecule has 0 aliphatic carbocycles. The molecule has 1 aliphatic heterocycles. The van der Waals surface area contributed by atoms with Gasteiger partial charge in [0.25, 0.3) is 17.1 Å². The Hall–Kier alpha value is -4.23. The number of non-ortho nitro benzene ring substituents is 2. The fourth-order valence-electron chi connectivity index (χ4n) is 2.88. The zero-order valence-corrected chi connectivity index (χ0v) is 17.0. The fraction of sp³-hybridized carbons (Fsp3) is 0. The lowest BCUT2D eigenvalue weighted by Gasteiger charge is -1.98. The van der Waals surface area contributed by atoms with Crippen LogP contribution in [-0.2, 0) is 9.53 Å². The molecule has 2 aromatic carbocycles. The number of hydrogen-bond donors (Lipinski definition) is 0. The molecule has 160 valence electrons. The number of nitro groups is 3. The standard InChI is InChI=1S/C18H7ClN4O8S/c19-15-11-4-3-10(22(27)28)7-14(11)32-16(15)17-20-12(18(24)31-17)5-8-1-2-9(21(25)26)6-13(8)23(29)30/h1-7H/b12-5+. The summed E-state index contributed by atoms with van der Waals surface area (Å²) in [5.41, 5.74) is -1.58. The van der Waals surface area contributed by atoms with Crippen LogP contribution < -0.4 is 0 Å². The lowest BCUT2D eigenvalue weighted by atomic mass is 10.1. The van der Waals surface area contributed by atoms with Crippen LogP contribution in [0.4, 0.5) is 17.1 Å². The first-order chi connectivity index (χ1) is 15.2. The minimum Gasteiger partial charge on any atom is -0.401 e. The average molecular weight is 475 g/mol. The predicted molar refractivity (Wildman–Crippen MR) is 114 cm³/mol. The number of benzene rings is 2. The molecule has 3 aromatic rings. The van der Waals surface area contributed by atoms with E-state index in [1.54, 1.807) is 0 Å².